The zero-order chi connectivity index (χ0) is 25.5. The van der Waals surface area contributed by atoms with Crippen molar-refractivity contribution in [1.82, 2.24) is 10.2 Å². The first-order valence-corrected chi connectivity index (χ1v) is 12.9. The van der Waals surface area contributed by atoms with Crippen LogP contribution in [0.3, 0.4) is 0 Å². The predicted octanol–water partition coefficient (Wildman–Crippen LogP) is 4.30. The molecule has 0 aliphatic carbocycles. The first kappa shape index (κ1) is 25.9. The quantitative estimate of drug-likeness (QED) is 0.533. The molecule has 194 valence electrons. The molecule has 2 heterocycles. The molecule has 0 unspecified atom stereocenters. The lowest BCUT2D eigenvalue weighted by molar-refractivity contribution is -0.134. The van der Waals surface area contributed by atoms with Gasteiger partial charge < -0.3 is 24.4 Å². The first-order chi connectivity index (χ1) is 17.4. The van der Waals surface area contributed by atoms with E-state index in [0.29, 0.717) is 49.7 Å². The standard InChI is InChI=1S/C29H38N2O5/c1-21-6-9-24(10-7-21)36-20-23-5-4-16-31(19-23)28(33)13-15-29(14-12-27(32)30-29)18-22-8-11-25(34-2)26(17-22)35-3/h6-11,17,23H,4-5,12-16,18-20H2,1-3H3,(H,30,32)/t23-,29+/m0/s1. The molecule has 7 nitrogen and oxygen atoms in total. The van der Waals surface area contributed by atoms with Crippen molar-refractivity contribution in [3.05, 3.63) is 53.6 Å². The van der Waals surface area contributed by atoms with Crippen LogP contribution < -0.4 is 19.5 Å². The molecule has 4 rings (SSSR count). The number of amides is 2. The topological polar surface area (TPSA) is 77.1 Å². The maximum absolute atomic E-state index is 13.2. The number of nitrogens with one attached hydrogen (secondary N) is 1. The highest BCUT2D eigenvalue weighted by Crippen LogP contribution is 2.34. The molecule has 0 aromatic heterocycles. The van der Waals surface area contributed by atoms with Crippen molar-refractivity contribution >= 4 is 11.8 Å². The van der Waals surface area contributed by atoms with Crippen molar-refractivity contribution in [3.63, 3.8) is 0 Å². The Balaban J connectivity index is 1.34. The fourth-order valence-electron chi connectivity index (χ4n) is 5.34. The van der Waals surface area contributed by atoms with E-state index in [1.54, 1.807) is 14.2 Å². The van der Waals surface area contributed by atoms with E-state index in [9.17, 15) is 9.59 Å². The van der Waals surface area contributed by atoms with Crippen LogP contribution in [0.15, 0.2) is 42.5 Å². The Morgan fingerprint density at radius 3 is 2.58 bits per heavy atom. The zero-order valence-corrected chi connectivity index (χ0v) is 21.7. The molecule has 2 saturated heterocycles. The lowest BCUT2D eigenvalue weighted by atomic mass is 9.84. The second-order valence-corrected chi connectivity index (χ2v) is 10.2. The highest BCUT2D eigenvalue weighted by molar-refractivity contribution is 5.80. The molecule has 2 amide bonds. The van der Waals surface area contributed by atoms with Gasteiger partial charge in [0.05, 0.1) is 20.8 Å². The summed E-state index contributed by atoms with van der Waals surface area (Å²) in [4.78, 5) is 27.4. The number of carbonyl (C=O) groups is 2. The molecular formula is C29H38N2O5. The number of benzene rings is 2. The second kappa shape index (κ2) is 11.7. The SMILES string of the molecule is COc1ccc(C[C@]2(CCC(=O)N3CCC[C@H](COc4ccc(C)cc4)C3)CCC(=O)N2)cc1OC. The normalized spacial score (nSPS) is 21.7. The van der Waals surface area contributed by atoms with E-state index in [-0.39, 0.29) is 11.8 Å². The number of nitrogens with zero attached hydrogens (tertiary/aromatic N) is 1. The molecule has 36 heavy (non-hydrogen) atoms. The van der Waals surface area contributed by atoms with Crippen LogP contribution in [0, 0.1) is 12.8 Å². The van der Waals surface area contributed by atoms with Crippen molar-refractivity contribution in [3.8, 4) is 17.2 Å². The van der Waals surface area contributed by atoms with Crippen LogP contribution in [0.1, 0.15) is 49.7 Å². The number of carbonyl (C=O) groups excluding carboxylic acids is 2. The average molecular weight is 495 g/mol. The van der Waals surface area contributed by atoms with Crippen molar-refractivity contribution < 1.29 is 23.8 Å². The maximum atomic E-state index is 13.2. The van der Waals surface area contributed by atoms with E-state index in [1.807, 2.05) is 47.4 Å². The summed E-state index contributed by atoms with van der Waals surface area (Å²) in [6.45, 7) is 4.18. The number of piperidine rings is 1. The van der Waals surface area contributed by atoms with Gasteiger partial charge >= 0.3 is 0 Å². The van der Waals surface area contributed by atoms with Gasteiger partial charge in [-0.3, -0.25) is 9.59 Å². The van der Waals surface area contributed by atoms with E-state index >= 15 is 0 Å². The molecule has 2 aliphatic rings. The van der Waals surface area contributed by atoms with Crippen molar-refractivity contribution in [2.45, 2.75) is 57.4 Å². The number of aryl methyl sites for hydroxylation is 1. The largest absolute Gasteiger partial charge is 0.493 e. The molecule has 2 aromatic rings. The minimum Gasteiger partial charge on any atom is -0.493 e. The van der Waals surface area contributed by atoms with Crippen LogP contribution in [0.2, 0.25) is 0 Å². The van der Waals surface area contributed by atoms with E-state index in [2.05, 4.69) is 12.2 Å². The van der Waals surface area contributed by atoms with Gasteiger partial charge in [-0.2, -0.15) is 0 Å². The van der Waals surface area contributed by atoms with Crippen LogP contribution >= 0.6 is 0 Å². The minimum absolute atomic E-state index is 0.0502. The van der Waals surface area contributed by atoms with Crippen molar-refractivity contribution in [2.75, 3.05) is 33.9 Å². The molecule has 0 bridgehead atoms. The molecule has 7 heteroatoms. The fourth-order valence-corrected chi connectivity index (χ4v) is 5.34. The number of hydrogen-bond donors (Lipinski definition) is 1. The molecule has 1 N–H and O–H groups in total. The minimum atomic E-state index is -0.421. The Labute approximate surface area is 214 Å². The Bertz CT molecular complexity index is 1050. The third-order valence-electron chi connectivity index (χ3n) is 7.42. The highest BCUT2D eigenvalue weighted by atomic mass is 16.5. The van der Waals surface area contributed by atoms with E-state index in [1.165, 1.54) is 5.56 Å². The molecule has 2 atom stereocenters. The van der Waals surface area contributed by atoms with Gasteiger partial charge in [0.25, 0.3) is 0 Å². The van der Waals surface area contributed by atoms with Gasteiger partial charge in [0.2, 0.25) is 11.8 Å². The first-order valence-electron chi connectivity index (χ1n) is 12.9. The second-order valence-electron chi connectivity index (χ2n) is 10.2. The Hall–Kier alpha value is -3.22. The summed E-state index contributed by atoms with van der Waals surface area (Å²) >= 11 is 0. The molecule has 0 radical (unpaired) electrons. The van der Waals surface area contributed by atoms with E-state index < -0.39 is 5.54 Å². The van der Waals surface area contributed by atoms with Gasteiger partial charge in [0.1, 0.15) is 5.75 Å². The van der Waals surface area contributed by atoms with Gasteiger partial charge in [0, 0.05) is 37.4 Å². The Morgan fingerprint density at radius 1 is 1.11 bits per heavy atom. The number of methoxy groups -OCH3 is 2. The van der Waals surface area contributed by atoms with Crippen LogP contribution in [0.25, 0.3) is 0 Å². The number of ether oxygens (including phenoxy) is 3. The molecule has 2 aromatic carbocycles. The zero-order valence-electron chi connectivity index (χ0n) is 21.7. The highest BCUT2D eigenvalue weighted by Gasteiger charge is 2.38. The summed E-state index contributed by atoms with van der Waals surface area (Å²) in [5.41, 5.74) is 1.84. The van der Waals surface area contributed by atoms with E-state index in [4.69, 9.17) is 14.2 Å². The third-order valence-corrected chi connectivity index (χ3v) is 7.42. The number of likely N-dealkylation sites (tertiary alicyclic amines) is 1. The summed E-state index contributed by atoms with van der Waals surface area (Å²) < 4.78 is 16.8. The third kappa shape index (κ3) is 6.50. The van der Waals surface area contributed by atoms with Gasteiger partial charge in [-0.15, -0.1) is 0 Å². The summed E-state index contributed by atoms with van der Waals surface area (Å²) in [7, 11) is 3.23. The molecule has 2 fully saturated rings. The lowest BCUT2D eigenvalue weighted by Gasteiger charge is -2.34. The Morgan fingerprint density at radius 2 is 1.89 bits per heavy atom. The number of hydrogen-bond acceptors (Lipinski definition) is 5. The van der Waals surface area contributed by atoms with Gasteiger partial charge in [0.15, 0.2) is 11.5 Å². The van der Waals surface area contributed by atoms with Gasteiger partial charge in [-0.1, -0.05) is 23.8 Å². The van der Waals surface area contributed by atoms with Crippen molar-refractivity contribution in [2.24, 2.45) is 5.92 Å². The molecule has 2 aliphatic heterocycles. The molecule has 0 saturated carbocycles. The van der Waals surface area contributed by atoms with Crippen molar-refractivity contribution in [1.29, 1.82) is 0 Å². The monoisotopic (exact) mass is 494 g/mol. The van der Waals surface area contributed by atoms with Crippen LogP contribution in [0.5, 0.6) is 17.2 Å². The predicted molar refractivity (Wildman–Crippen MR) is 139 cm³/mol. The average Bonchev–Trinajstić information content (AvgIpc) is 3.27. The number of rotatable bonds is 10. The summed E-state index contributed by atoms with van der Waals surface area (Å²) in [6, 6.07) is 13.9. The van der Waals surface area contributed by atoms with Gasteiger partial charge in [-0.05, 0) is 68.9 Å². The summed E-state index contributed by atoms with van der Waals surface area (Å²) in [6.07, 6.45) is 4.95. The fraction of sp³-hybridized carbons (Fsp3) is 0.517. The smallest absolute Gasteiger partial charge is 0.222 e. The van der Waals surface area contributed by atoms with Crippen LogP contribution in [-0.2, 0) is 16.0 Å². The van der Waals surface area contributed by atoms with Crippen LogP contribution in [0.4, 0.5) is 0 Å². The lowest BCUT2D eigenvalue weighted by Crippen LogP contribution is -2.46. The van der Waals surface area contributed by atoms with E-state index in [0.717, 1.165) is 43.7 Å². The van der Waals surface area contributed by atoms with Crippen LogP contribution in [-0.4, -0.2) is 56.2 Å². The summed E-state index contributed by atoms with van der Waals surface area (Å²) in [5.74, 6) is 2.75. The Kier molecular flexibility index (Phi) is 8.39. The van der Waals surface area contributed by atoms with Gasteiger partial charge in [-0.25, -0.2) is 0 Å². The summed E-state index contributed by atoms with van der Waals surface area (Å²) in [5, 5.41) is 3.19. The maximum Gasteiger partial charge on any atom is 0.222 e. The molecule has 0 spiro atoms. The molecular weight excluding hydrogens is 456 g/mol.